The minimum absolute atomic E-state index is 0.0564. The van der Waals surface area contributed by atoms with E-state index in [9.17, 15) is 9.59 Å². The quantitative estimate of drug-likeness (QED) is 0.785. The number of rotatable bonds is 7. The fourth-order valence-corrected chi connectivity index (χ4v) is 2.61. The van der Waals surface area contributed by atoms with E-state index in [-0.39, 0.29) is 5.91 Å². The predicted octanol–water partition coefficient (Wildman–Crippen LogP) is 3.12. The third-order valence-corrected chi connectivity index (χ3v) is 4.13. The second kappa shape index (κ2) is 7.94. The number of carboxylic acids is 1. The van der Waals surface area contributed by atoms with Crippen LogP contribution in [-0.2, 0) is 4.79 Å². The highest BCUT2D eigenvalue weighted by molar-refractivity contribution is 8.00. The highest BCUT2D eigenvalue weighted by Crippen LogP contribution is 2.27. The van der Waals surface area contributed by atoms with Crippen LogP contribution in [0.4, 0.5) is 0 Å². The maximum atomic E-state index is 12.4. The summed E-state index contributed by atoms with van der Waals surface area (Å²) in [6.07, 6.45) is 1.99. The minimum atomic E-state index is -0.878. The molecule has 0 fully saturated rings. The first-order chi connectivity index (χ1) is 9.47. The molecule has 20 heavy (non-hydrogen) atoms. The Morgan fingerprint density at radius 3 is 2.60 bits per heavy atom. The van der Waals surface area contributed by atoms with E-state index in [2.05, 4.69) is 6.92 Å². The number of aliphatic carboxylic acids is 1. The Kier molecular flexibility index (Phi) is 6.58. The van der Waals surface area contributed by atoms with Crippen LogP contribution in [0.2, 0.25) is 0 Å². The maximum absolute atomic E-state index is 12.4. The van der Waals surface area contributed by atoms with Gasteiger partial charge in [0, 0.05) is 18.5 Å². The number of hydrogen-bond acceptors (Lipinski definition) is 3. The van der Waals surface area contributed by atoms with E-state index in [1.54, 1.807) is 37.1 Å². The standard InChI is InChI=1S/C15H21NO3S/c1-4-5-10-16(3)14(17)12-8-6-7-9-13(12)20-11(2)15(18)19/h6-9,11H,4-5,10H2,1-3H3,(H,18,19). The first-order valence-corrected chi connectivity index (χ1v) is 7.59. The number of nitrogens with zero attached hydrogens (tertiary/aromatic N) is 1. The van der Waals surface area contributed by atoms with Crippen molar-refractivity contribution < 1.29 is 14.7 Å². The van der Waals surface area contributed by atoms with E-state index in [1.165, 1.54) is 11.8 Å². The SMILES string of the molecule is CCCCN(C)C(=O)c1ccccc1SC(C)C(=O)O. The molecule has 0 bridgehead atoms. The summed E-state index contributed by atoms with van der Waals surface area (Å²) >= 11 is 1.20. The Morgan fingerprint density at radius 1 is 1.35 bits per heavy atom. The van der Waals surface area contributed by atoms with Crippen LogP contribution in [0, 0.1) is 0 Å². The van der Waals surface area contributed by atoms with Crippen molar-refractivity contribution >= 4 is 23.6 Å². The predicted molar refractivity (Wildman–Crippen MR) is 81.3 cm³/mol. The molecule has 1 aromatic rings. The van der Waals surface area contributed by atoms with Crippen molar-refractivity contribution in [2.45, 2.75) is 36.8 Å². The molecule has 1 N–H and O–H groups in total. The van der Waals surface area contributed by atoms with Gasteiger partial charge < -0.3 is 10.0 Å². The Bertz CT molecular complexity index is 476. The topological polar surface area (TPSA) is 57.6 Å². The van der Waals surface area contributed by atoms with Crippen LogP contribution in [0.3, 0.4) is 0 Å². The van der Waals surface area contributed by atoms with Gasteiger partial charge in [0.2, 0.25) is 0 Å². The lowest BCUT2D eigenvalue weighted by molar-refractivity contribution is -0.136. The van der Waals surface area contributed by atoms with E-state index >= 15 is 0 Å². The minimum Gasteiger partial charge on any atom is -0.480 e. The summed E-state index contributed by atoms with van der Waals surface area (Å²) < 4.78 is 0. The molecule has 1 amide bonds. The van der Waals surface area contributed by atoms with Gasteiger partial charge in [0.05, 0.1) is 5.56 Å². The van der Waals surface area contributed by atoms with E-state index < -0.39 is 11.2 Å². The normalized spacial score (nSPS) is 11.9. The van der Waals surface area contributed by atoms with Crippen LogP contribution in [0.1, 0.15) is 37.0 Å². The van der Waals surface area contributed by atoms with Crippen LogP contribution in [-0.4, -0.2) is 40.7 Å². The lowest BCUT2D eigenvalue weighted by atomic mass is 10.2. The molecule has 5 heteroatoms. The zero-order valence-corrected chi connectivity index (χ0v) is 12.9. The van der Waals surface area contributed by atoms with Crippen molar-refractivity contribution in [3.63, 3.8) is 0 Å². The lowest BCUT2D eigenvalue weighted by Crippen LogP contribution is -2.28. The number of unbranched alkanes of at least 4 members (excludes halogenated alkanes) is 1. The number of carbonyl (C=O) groups excluding carboxylic acids is 1. The molecule has 0 spiro atoms. The first kappa shape index (κ1) is 16.6. The van der Waals surface area contributed by atoms with E-state index in [4.69, 9.17) is 5.11 Å². The fraction of sp³-hybridized carbons (Fsp3) is 0.467. The lowest BCUT2D eigenvalue weighted by Gasteiger charge is -2.19. The molecule has 1 aromatic carbocycles. The van der Waals surface area contributed by atoms with Crippen LogP contribution >= 0.6 is 11.8 Å². The number of benzene rings is 1. The smallest absolute Gasteiger partial charge is 0.316 e. The summed E-state index contributed by atoms with van der Waals surface area (Å²) in [4.78, 5) is 25.7. The van der Waals surface area contributed by atoms with Gasteiger partial charge in [0.25, 0.3) is 5.91 Å². The monoisotopic (exact) mass is 295 g/mol. The summed E-state index contributed by atoms with van der Waals surface area (Å²) in [6, 6.07) is 7.17. The van der Waals surface area contributed by atoms with Gasteiger partial charge in [0.15, 0.2) is 0 Å². The Balaban J connectivity index is 2.89. The van der Waals surface area contributed by atoms with Crippen molar-refractivity contribution in [2.75, 3.05) is 13.6 Å². The van der Waals surface area contributed by atoms with Crippen molar-refractivity contribution in [1.29, 1.82) is 0 Å². The van der Waals surface area contributed by atoms with Crippen molar-refractivity contribution in [3.8, 4) is 0 Å². The average molecular weight is 295 g/mol. The highest BCUT2D eigenvalue weighted by atomic mass is 32.2. The summed E-state index contributed by atoms with van der Waals surface area (Å²) in [5.41, 5.74) is 0.573. The Morgan fingerprint density at radius 2 is 2.00 bits per heavy atom. The van der Waals surface area contributed by atoms with Crippen molar-refractivity contribution in [2.24, 2.45) is 0 Å². The molecule has 0 heterocycles. The van der Waals surface area contributed by atoms with Gasteiger partial charge in [-0.1, -0.05) is 25.5 Å². The molecule has 110 valence electrons. The molecule has 4 nitrogen and oxygen atoms in total. The van der Waals surface area contributed by atoms with Crippen molar-refractivity contribution in [3.05, 3.63) is 29.8 Å². The Labute approximate surface area is 124 Å². The second-order valence-corrected chi connectivity index (χ2v) is 6.06. The molecule has 0 saturated carbocycles. The number of hydrogen-bond donors (Lipinski definition) is 1. The molecule has 1 atom stereocenters. The van der Waals surface area contributed by atoms with Gasteiger partial charge in [0.1, 0.15) is 5.25 Å². The molecule has 0 aliphatic carbocycles. The second-order valence-electron chi connectivity index (χ2n) is 4.67. The van der Waals surface area contributed by atoms with Crippen molar-refractivity contribution in [1.82, 2.24) is 4.90 Å². The average Bonchev–Trinajstić information content (AvgIpc) is 2.44. The third-order valence-electron chi connectivity index (χ3n) is 2.96. The van der Waals surface area contributed by atoms with E-state index in [0.29, 0.717) is 12.1 Å². The van der Waals surface area contributed by atoms with E-state index in [1.807, 2.05) is 6.07 Å². The van der Waals surface area contributed by atoms with Crippen LogP contribution in [0.5, 0.6) is 0 Å². The van der Waals surface area contributed by atoms with Gasteiger partial charge in [-0.25, -0.2) is 0 Å². The molecule has 0 saturated heterocycles. The molecule has 0 aliphatic heterocycles. The van der Waals surface area contributed by atoms with Crippen LogP contribution < -0.4 is 0 Å². The molecule has 1 rings (SSSR count). The van der Waals surface area contributed by atoms with Crippen LogP contribution in [0.15, 0.2) is 29.2 Å². The summed E-state index contributed by atoms with van der Waals surface area (Å²) in [5, 5.41) is 8.40. The third kappa shape index (κ3) is 4.56. The largest absolute Gasteiger partial charge is 0.480 e. The highest BCUT2D eigenvalue weighted by Gasteiger charge is 2.19. The molecule has 1 unspecified atom stereocenters. The number of carboxylic acid groups (broad SMARTS) is 1. The number of amides is 1. The molecule has 0 aromatic heterocycles. The summed E-state index contributed by atoms with van der Waals surface area (Å²) in [6.45, 7) is 4.41. The molecule has 0 aliphatic rings. The zero-order valence-electron chi connectivity index (χ0n) is 12.1. The number of carbonyl (C=O) groups is 2. The summed E-state index contributed by atoms with van der Waals surface area (Å²) in [5.74, 6) is -0.935. The first-order valence-electron chi connectivity index (χ1n) is 6.71. The zero-order chi connectivity index (χ0) is 15.1. The maximum Gasteiger partial charge on any atom is 0.316 e. The van der Waals surface area contributed by atoms with Crippen LogP contribution in [0.25, 0.3) is 0 Å². The van der Waals surface area contributed by atoms with E-state index in [0.717, 1.165) is 17.7 Å². The summed E-state index contributed by atoms with van der Waals surface area (Å²) in [7, 11) is 1.78. The molecule has 0 radical (unpaired) electrons. The van der Waals surface area contributed by atoms with Gasteiger partial charge in [-0.2, -0.15) is 0 Å². The Hall–Kier alpha value is -1.49. The van der Waals surface area contributed by atoms with Gasteiger partial charge >= 0.3 is 5.97 Å². The van der Waals surface area contributed by atoms with Gasteiger partial charge in [-0.05, 0) is 25.5 Å². The number of thioether (sulfide) groups is 1. The molecular weight excluding hydrogens is 274 g/mol. The fourth-order valence-electron chi connectivity index (χ4n) is 1.69. The van der Waals surface area contributed by atoms with Gasteiger partial charge in [-0.15, -0.1) is 11.8 Å². The molecular formula is C15H21NO3S. The van der Waals surface area contributed by atoms with Gasteiger partial charge in [-0.3, -0.25) is 9.59 Å².